The lowest BCUT2D eigenvalue weighted by Crippen LogP contribution is -2.34. The molecule has 1 heterocycles. The summed E-state index contributed by atoms with van der Waals surface area (Å²) < 4.78 is 0. The molecule has 0 radical (unpaired) electrons. The number of amides is 3. The van der Waals surface area contributed by atoms with E-state index in [0.29, 0.717) is 12.3 Å². The molecule has 0 bridgehead atoms. The largest absolute Gasteiger partial charge is 0.395 e. The molecule has 1 aliphatic rings. The summed E-state index contributed by atoms with van der Waals surface area (Å²) in [5.41, 5.74) is 0. The summed E-state index contributed by atoms with van der Waals surface area (Å²) in [4.78, 5) is 23.9. The van der Waals surface area contributed by atoms with Crippen LogP contribution in [0.4, 0.5) is 4.79 Å². The van der Waals surface area contributed by atoms with Gasteiger partial charge in [0.1, 0.15) is 6.04 Å². The zero-order valence-corrected chi connectivity index (χ0v) is 8.49. The zero-order chi connectivity index (χ0) is 10.7. The lowest BCUT2D eigenvalue weighted by Gasteiger charge is -2.11. The van der Waals surface area contributed by atoms with E-state index in [2.05, 4.69) is 5.32 Å². The van der Waals surface area contributed by atoms with Crippen molar-refractivity contribution in [1.82, 2.24) is 10.2 Å². The summed E-state index contributed by atoms with van der Waals surface area (Å²) >= 11 is 0. The van der Waals surface area contributed by atoms with E-state index in [9.17, 15) is 9.59 Å². The number of aliphatic hydroxyl groups excluding tert-OH is 1. The van der Waals surface area contributed by atoms with Gasteiger partial charge in [0.15, 0.2) is 0 Å². The highest BCUT2D eigenvalue weighted by Gasteiger charge is 2.37. The molecule has 2 N–H and O–H groups in total. The molecule has 5 heteroatoms. The number of carbonyl (C=O) groups excluding carboxylic acids is 2. The van der Waals surface area contributed by atoms with Gasteiger partial charge in [-0.15, -0.1) is 0 Å². The summed E-state index contributed by atoms with van der Waals surface area (Å²) in [6.45, 7) is 3.88. The Balaban J connectivity index is 2.59. The molecule has 5 nitrogen and oxygen atoms in total. The fraction of sp³-hybridized carbons (Fsp3) is 0.778. The Bertz CT molecular complexity index is 240. The zero-order valence-electron chi connectivity index (χ0n) is 8.49. The molecule has 1 saturated heterocycles. The van der Waals surface area contributed by atoms with E-state index in [4.69, 9.17) is 5.11 Å². The average Bonchev–Trinajstić information content (AvgIpc) is 2.32. The van der Waals surface area contributed by atoms with Gasteiger partial charge in [-0.3, -0.25) is 9.69 Å². The molecule has 0 aliphatic carbocycles. The van der Waals surface area contributed by atoms with Crippen LogP contribution in [0.1, 0.15) is 20.3 Å². The van der Waals surface area contributed by atoms with Crippen LogP contribution in [0.15, 0.2) is 0 Å². The molecule has 1 aliphatic heterocycles. The maximum absolute atomic E-state index is 11.6. The normalized spacial score (nSPS) is 22.0. The van der Waals surface area contributed by atoms with E-state index in [1.807, 2.05) is 13.8 Å². The second-order valence-corrected chi connectivity index (χ2v) is 3.85. The Hall–Kier alpha value is -1.10. The summed E-state index contributed by atoms with van der Waals surface area (Å²) in [5.74, 6) is 0.135. The molecule has 1 atom stereocenters. The third-order valence-electron chi connectivity index (χ3n) is 2.14. The number of rotatable bonds is 4. The number of aliphatic hydroxyl groups is 1. The van der Waals surface area contributed by atoms with Crippen molar-refractivity contribution < 1.29 is 14.7 Å². The Morgan fingerprint density at radius 2 is 2.14 bits per heavy atom. The number of urea groups is 1. The molecule has 1 fully saturated rings. The molecular formula is C9H16N2O3. The van der Waals surface area contributed by atoms with E-state index in [-0.39, 0.29) is 19.1 Å². The van der Waals surface area contributed by atoms with E-state index < -0.39 is 12.1 Å². The van der Waals surface area contributed by atoms with Crippen LogP contribution in [0.2, 0.25) is 0 Å². The van der Waals surface area contributed by atoms with Gasteiger partial charge in [-0.25, -0.2) is 4.79 Å². The molecule has 0 aromatic carbocycles. The van der Waals surface area contributed by atoms with Gasteiger partial charge >= 0.3 is 6.03 Å². The number of imide groups is 1. The quantitative estimate of drug-likeness (QED) is 0.625. The standard InChI is InChI=1S/C9H16N2O3/c1-6(2)5-7-8(13)11(3-4-12)9(14)10-7/h6-7,12H,3-5H2,1-2H3,(H,10,14). The van der Waals surface area contributed by atoms with E-state index in [1.165, 1.54) is 0 Å². The topological polar surface area (TPSA) is 69.6 Å². The van der Waals surface area contributed by atoms with Crippen LogP contribution in [0.3, 0.4) is 0 Å². The minimum atomic E-state index is -0.408. The molecule has 3 amide bonds. The van der Waals surface area contributed by atoms with Crippen LogP contribution in [0, 0.1) is 5.92 Å². The highest BCUT2D eigenvalue weighted by atomic mass is 16.3. The van der Waals surface area contributed by atoms with Crippen LogP contribution in [-0.2, 0) is 4.79 Å². The van der Waals surface area contributed by atoms with Gasteiger partial charge in [0.2, 0.25) is 0 Å². The van der Waals surface area contributed by atoms with Crippen molar-refractivity contribution in [3.05, 3.63) is 0 Å². The fourth-order valence-corrected chi connectivity index (χ4v) is 1.52. The Morgan fingerprint density at radius 3 is 2.64 bits per heavy atom. The number of hydrogen-bond acceptors (Lipinski definition) is 3. The van der Waals surface area contributed by atoms with Crippen molar-refractivity contribution >= 4 is 11.9 Å². The predicted molar refractivity (Wildman–Crippen MR) is 50.6 cm³/mol. The van der Waals surface area contributed by atoms with Crippen molar-refractivity contribution in [2.45, 2.75) is 26.3 Å². The van der Waals surface area contributed by atoms with Gasteiger partial charge in [-0.2, -0.15) is 0 Å². The Labute approximate surface area is 83.1 Å². The molecule has 1 rings (SSSR count). The number of nitrogens with zero attached hydrogens (tertiary/aromatic N) is 1. The fourth-order valence-electron chi connectivity index (χ4n) is 1.52. The van der Waals surface area contributed by atoms with Crippen molar-refractivity contribution in [1.29, 1.82) is 0 Å². The third kappa shape index (κ3) is 2.23. The first-order chi connectivity index (χ1) is 6.56. The number of β-amino-alcohol motifs (C(OH)–C–C–N with tert-alkyl or cyclic N) is 1. The molecular weight excluding hydrogens is 184 g/mol. The molecule has 14 heavy (non-hydrogen) atoms. The van der Waals surface area contributed by atoms with Crippen LogP contribution >= 0.6 is 0 Å². The van der Waals surface area contributed by atoms with Gasteiger partial charge in [-0.05, 0) is 12.3 Å². The molecule has 0 spiro atoms. The maximum Gasteiger partial charge on any atom is 0.324 e. The maximum atomic E-state index is 11.6. The van der Waals surface area contributed by atoms with E-state index in [0.717, 1.165) is 4.90 Å². The van der Waals surface area contributed by atoms with Gasteiger partial charge in [-0.1, -0.05) is 13.8 Å². The van der Waals surface area contributed by atoms with Gasteiger partial charge in [0.05, 0.1) is 13.2 Å². The first-order valence-electron chi connectivity index (χ1n) is 4.79. The van der Waals surface area contributed by atoms with Crippen molar-refractivity contribution in [2.24, 2.45) is 5.92 Å². The van der Waals surface area contributed by atoms with E-state index >= 15 is 0 Å². The van der Waals surface area contributed by atoms with Crippen LogP contribution < -0.4 is 5.32 Å². The summed E-state index contributed by atoms with van der Waals surface area (Å²) in [5, 5.41) is 11.3. The van der Waals surface area contributed by atoms with Crippen LogP contribution in [-0.4, -0.2) is 41.1 Å². The molecule has 1 unspecified atom stereocenters. The minimum absolute atomic E-state index is 0.0826. The molecule has 0 saturated carbocycles. The smallest absolute Gasteiger partial charge is 0.324 e. The molecule has 0 aromatic heterocycles. The van der Waals surface area contributed by atoms with Crippen LogP contribution in [0.5, 0.6) is 0 Å². The molecule has 80 valence electrons. The summed E-state index contributed by atoms with van der Waals surface area (Å²) in [6, 6.07) is -0.802. The van der Waals surface area contributed by atoms with Crippen molar-refractivity contribution in [2.75, 3.05) is 13.2 Å². The minimum Gasteiger partial charge on any atom is -0.395 e. The highest BCUT2D eigenvalue weighted by Crippen LogP contribution is 2.13. The lowest BCUT2D eigenvalue weighted by atomic mass is 10.0. The third-order valence-corrected chi connectivity index (χ3v) is 2.14. The Kier molecular flexibility index (Phi) is 3.46. The predicted octanol–water partition coefficient (Wildman–Crippen LogP) is -0.0548. The molecule has 0 aromatic rings. The second-order valence-electron chi connectivity index (χ2n) is 3.85. The highest BCUT2D eigenvalue weighted by molar-refractivity contribution is 6.04. The SMILES string of the molecule is CC(C)CC1NC(=O)N(CCO)C1=O. The van der Waals surface area contributed by atoms with Crippen molar-refractivity contribution in [3.8, 4) is 0 Å². The van der Waals surface area contributed by atoms with Gasteiger partial charge in [0.25, 0.3) is 5.91 Å². The summed E-state index contributed by atoms with van der Waals surface area (Å²) in [6.07, 6.45) is 0.645. The first-order valence-corrected chi connectivity index (χ1v) is 4.79. The van der Waals surface area contributed by atoms with Gasteiger partial charge in [0, 0.05) is 0 Å². The monoisotopic (exact) mass is 200 g/mol. The van der Waals surface area contributed by atoms with Crippen molar-refractivity contribution in [3.63, 3.8) is 0 Å². The first kappa shape index (κ1) is 11.0. The summed E-state index contributed by atoms with van der Waals surface area (Å²) in [7, 11) is 0. The van der Waals surface area contributed by atoms with Gasteiger partial charge < -0.3 is 10.4 Å². The van der Waals surface area contributed by atoms with E-state index in [1.54, 1.807) is 0 Å². The number of carbonyl (C=O) groups is 2. The lowest BCUT2D eigenvalue weighted by molar-refractivity contribution is -0.128. The van der Waals surface area contributed by atoms with Crippen LogP contribution in [0.25, 0.3) is 0 Å². The number of hydrogen-bond donors (Lipinski definition) is 2. The Morgan fingerprint density at radius 1 is 1.50 bits per heavy atom. The average molecular weight is 200 g/mol. The number of nitrogens with one attached hydrogen (secondary N) is 1. The second kappa shape index (κ2) is 4.41.